The minimum Gasteiger partial charge on any atom is -0.496 e. The van der Waals surface area contributed by atoms with Crippen LogP contribution in [-0.2, 0) is 0 Å². The second-order valence-electron chi connectivity index (χ2n) is 6.22. The summed E-state index contributed by atoms with van der Waals surface area (Å²) in [5.74, 6) is 0.629. The first-order valence-corrected chi connectivity index (χ1v) is 9.54. The molecule has 0 saturated heterocycles. The summed E-state index contributed by atoms with van der Waals surface area (Å²) in [5.41, 5.74) is 4.09. The van der Waals surface area contributed by atoms with Gasteiger partial charge in [0.2, 0.25) is 0 Å². The van der Waals surface area contributed by atoms with Gasteiger partial charge in [-0.3, -0.25) is 9.20 Å². The van der Waals surface area contributed by atoms with Gasteiger partial charge in [-0.2, -0.15) is 0 Å². The van der Waals surface area contributed by atoms with Gasteiger partial charge in [0.15, 0.2) is 4.96 Å². The normalized spacial score (nSPS) is 10.8. The van der Waals surface area contributed by atoms with E-state index in [2.05, 4.69) is 27.0 Å². The highest BCUT2D eigenvalue weighted by Gasteiger charge is 2.18. The van der Waals surface area contributed by atoms with Crippen molar-refractivity contribution in [3.63, 3.8) is 0 Å². The molecule has 2 aromatic carbocycles. The van der Waals surface area contributed by atoms with Crippen molar-refractivity contribution in [3.8, 4) is 22.8 Å². The molecule has 28 heavy (non-hydrogen) atoms. The molecular weight excluding hydrogens is 374 g/mol. The maximum Gasteiger partial charge on any atom is 0.263 e. The lowest BCUT2D eigenvalue weighted by molar-refractivity contribution is 0.102. The Balaban J connectivity index is 1.57. The molecule has 6 nitrogen and oxygen atoms in total. The molecule has 0 aliphatic carbocycles. The van der Waals surface area contributed by atoms with Crippen LogP contribution in [0.4, 0.5) is 5.69 Å². The molecule has 142 valence electrons. The zero-order valence-corrected chi connectivity index (χ0v) is 16.5. The van der Waals surface area contributed by atoms with Crippen molar-refractivity contribution in [2.75, 3.05) is 19.5 Å². The molecule has 1 N–H and O–H groups in total. The van der Waals surface area contributed by atoms with Crippen LogP contribution in [0.2, 0.25) is 0 Å². The van der Waals surface area contributed by atoms with Gasteiger partial charge in [0.25, 0.3) is 5.91 Å². The van der Waals surface area contributed by atoms with Crippen LogP contribution in [0.1, 0.15) is 16.1 Å². The van der Waals surface area contributed by atoms with E-state index in [0.29, 0.717) is 22.7 Å². The van der Waals surface area contributed by atoms with Crippen molar-refractivity contribution in [2.24, 2.45) is 0 Å². The smallest absolute Gasteiger partial charge is 0.263 e. The lowest BCUT2D eigenvalue weighted by Gasteiger charge is -2.13. The van der Waals surface area contributed by atoms with E-state index in [1.807, 2.05) is 30.5 Å². The number of aromatic nitrogens is 2. The fraction of sp³-hybridized carbons (Fsp3) is 0.143. The van der Waals surface area contributed by atoms with Crippen LogP contribution in [0.3, 0.4) is 0 Å². The molecular formula is C21H19N3O3S. The van der Waals surface area contributed by atoms with E-state index in [1.54, 1.807) is 29.5 Å². The minimum absolute atomic E-state index is 0.291. The Kier molecular flexibility index (Phi) is 4.75. The van der Waals surface area contributed by atoms with Crippen LogP contribution in [0, 0.1) is 6.92 Å². The maximum absolute atomic E-state index is 12.8. The van der Waals surface area contributed by atoms with E-state index in [9.17, 15) is 4.79 Å². The molecule has 7 heteroatoms. The summed E-state index contributed by atoms with van der Waals surface area (Å²) in [4.78, 5) is 18.4. The zero-order valence-electron chi connectivity index (χ0n) is 15.7. The van der Waals surface area contributed by atoms with Crippen LogP contribution in [-0.4, -0.2) is 29.5 Å². The fourth-order valence-corrected chi connectivity index (χ4v) is 3.88. The molecule has 2 heterocycles. The first kappa shape index (κ1) is 18.1. The minimum atomic E-state index is -0.291. The monoisotopic (exact) mass is 393 g/mol. The van der Waals surface area contributed by atoms with Gasteiger partial charge >= 0.3 is 0 Å². The summed E-state index contributed by atoms with van der Waals surface area (Å²) in [7, 11) is 3.05. The Morgan fingerprint density at radius 1 is 1.07 bits per heavy atom. The molecule has 0 aliphatic rings. The van der Waals surface area contributed by atoms with Crippen molar-refractivity contribution < 1.29 is 14.3 Å². The lowest BCUT2D eigenvalue weighted by atomic mass is 10.1. The number of nitrogens with one attached hydrogen (secondary N) is 1. The Labute approximate surface area is 166 Å². The number of fused-ring (bicyclic) bond motifs is 1. The fourth-order valence-electron chi connectivity index (χ4n) is 3.03. The van der Waals surface area contributed by atoms with Crippen LogP contribution >= 0.6 is 11.3 Å². The van der Waals surface area contributed by atoms with Crippen LogP contribution in [0.25, 0.3) is 16.2 Å². The van der Waals surface area contributed by atoms with Crippen molar-refractivity contribution in [2.45, 2.75) is 6.92 Å². The molecule has 4 aromatic rings. The Hall–Kier alpha value is -3.32. The summed E-state index contributed by atoms with van der Waals surface area (Å²) in [6.07, 6.45) is 2.02. The SMILES string of the molecule is COc1cccc(OC)c1C(=O)Nc1ccc(-c2cn3c(C)csc3n2)cc1. The van der Waals surface area contributed by atoms with Gasteiger partial charge in [0.1, 0.15) is 17.1 Å². The summed E-state index contributed by atoms with van der Waals surface area (Å²) in [6, 6.07) is 12.8. The number of carbonyl (C=O) groups excluding carboxylic acids is 1. The van der Waals surface area contributed by atoms with Crippen molar-refractivity contribution in [1.82, 2.24) is 9.38 Å². The number of methoxy groups -OCH3 is 2. The summed E-state index contributed by atoms with van der Waals surface area (Å²) >= 11 is 1.62. The number of hydrogen-bond acceptors (Lipinski definition) is 5. The zero-order chi connectivity index (χ0) is 19.7. The molecule has 0 saturated carbocycles. The highest BCUT2D eigenvalue weighted by atomic mass is 32.1. The van der Waals surface area contributed by atoms with E-state index in [1.165, 1.54) is 14.2 Å². The second-order valence-corrected chi connectivity index (χ2v) is 7.06. The molecule has 0 fully saturated rings. The molecule has 1 amide bonds. The predicted molar refractivity (Wildman–Crippen MR) is 111 cm³/mol. The largest absolute Gasteiger partial charge is 0.496 e. The number of ether oxygens (including phenoxy) is 2. The van der Waals surface area contributed by atoms with E-state index in [-0.39, 0.29) is 5.91 Å². The Morgan fingerprint density at radius 2 is 1.75 bits per heavy atom. The Morgan fingerprint density at radius 3 is 2.36 bits per heavy atom. The quantitative estimate of drug-likeness (QED) is 0.536. The van der Waals surface area contributed by atoms with E-state index >= 15 is 0 Å². The van der Waals surface area contributed by atoms with Crippen LogP contribution in [0.15, 0.2) is 54.0 Å². The number of rotatable bonds is 5. The van der Waals surface area contributed by atoms with Gasteiger partial charge in [-0.15, -0.1) is 11.3 Å². The van der Waals surface area contributed by atoms with Gasteiger partial charge < -0.3 is 14.8 Å². The number of hydrogen-bond donors (Lipinski definition) is 1. The van der Waals surface area contributed by atoms with Gasteiger partial charge in [-0.05, 0) is 31.2 Å². The van der Waals surface area contributed by atoms with Gasteiger partial charge in [0, 0.05) is 28.5 Å². The molecule has 4 rings (SSSR count). The highest BCUT2D eigenvalue weighted by Crippen LogP contribution is 2.30. The number of thiazole rings is 1. The first-order chi connectivity index (χ1) is 13.6. The van der Waals surface area contributed by atoms with Crippen molar-refractivity contribution in [1.29, 1.82) is 0 Å². The Bertz CT molecular complexity index is 1120. The van der Waals surface area contributed by atoms with E-state index in [0.717, 1.165) is 21.9 Å². The summed E-state index contributed by atoms with van der Waals surface area (Å²) in [6.45, 7) is 2.06. The molecule has 0 unspecified atom stereocenters. The summed E-state index contributed by atoms with van der Waals surface area (Å²) < 4.78 is 12.7. The highest BCUT2D eigenvalue weighted by molar-refractivity contribution is 7.15. The third kappa shape index (κ3) is 3.20. The number of carbonyl (C=O) groups is 1. The van der Waals surface area contributed by atoms with Gasteiger partial charge in [0.05, 0.1) is 19.9 Å². The van der Waals surface area contributed by atoms with Gasteiger partial charge in [-0.1, -0.05) is 18.2 Å². The lowest BCUT2D eigenvalue weighted by Crippen LogP contribution is -2.14. The standard InChI is InChI=1S/C21H19N3O3S/c1-13-12-28-21-23-16(11-24(13)21)14-7-9-15(10-8-14)22-20(25)19-17(26-2)5-4-6-18(19)27-3/h4-12H,1-3H3,(H,22,25). The molecule has 2 aromatic heterocycles. The van der Waals surface area contributed by atoms with Crippen LogP contribution in [0.5, 0.6) is 11.5 Å². The number of anilines is 1. The number of aryl methyl sites for hydroxylation is 1. The molecule has 0 radical (unpaired) electrons. The number of benzene rings is 2. The third-order valence-electron chi connectivity index (χ3n) is 4.48. The predicted octanol–water partition coefficient (Wildman–Crippen LogP) is 4.64. The van der Waals surface area contributed by atoms with Crippen LogP contribution < -0.4 is 14.8 Å². The molecule has 0 spiro atoms. The molecule has 0 atom stereocenters. The average molecular weight is 393 g/mol. The number of amides is 1. The summed E-state index contributed by atoms with van der Waals surface area (Å²) in [5, 5.41) is 4.97. The van der Waals surface area contributed by atoms with Gasteiger partial charge in [-0.25, -0.2) is 4.98 Å². The average Bonchev–Trinajstić information content (AvgIpc) is 3.30. The maximum atomic E-state index is 12.8. The molecule has 0 aliphatic heterocycles. The second kappa shape index (κ2) is 7.36. The topological polar surface area (TPSA) is 64.9 Å². The van der Waals surface area contributed by atoms with E-state index in [4.69, 9.17) is 9.47 Å². The third-order valence-corrected chi connectivity index (χ3v) is 5.44. The first-order valence-electron chi connectivity index (χ1n) is 8.66. The van der Waals surface area contributed by atoms with Crippen molar-refractivity contribution in [3.05, 3.63) is 65.3 Å². The van der Waals surface area contributed by atoms with E-state index < -0.39 is 0 Å². The van der Waals surface area contributed by atoms with Crippen molar-refractivity contribution >= 4 is 27.9 Å². The number of imidazole rings is 1. The molecule has 0 bridgehead atoms. The number of nitrogens with zero attached hydrogens (tertiary/aromatic N) is 2.